The monoisotopic (exact) mass is 2030 g/mol. The highest BCUT2D eigenvalue weighted by Crippen LogP contribution is 2.71. The van der Waals surface area contributed by atoms with Crippen LogP contribution in [0.15, 0.2) is 146 Å². The maximum absolute atomic E-state index is 14.3. The Kier molecular flexibility index (Phi) is 29.2. The molecule has 8 saturated heterocycles. The number of esters is 2. The minimum atomic E-state index is -2.16. The number of pyridine rings is 1. The van der Waals surface area contributed by atoms with E-state index in [0.717, 1.165) is 225 Å². The topological polar surface area (TPSA) is 298 Å². The Labute approximate surface area is 882 Å². The van der Waals surface area contributed by atoms with E-state index in [0.29, 0.717) is 60.4 Å². The van der Waals surface area contributed by atoms with Crippen LogP contribution in [0.4, 0.5) is 11.4 Å². The Morgan fingerprint density at radius 3 is 2.15 bits per heavy atom. The van der Waals surface area contributed by atoms with Crippen LogP contribution in [0, 0.1) is 69.5 Å². The Morgan fingerprint density at radius 2 is 1.40 bits per heavy atom. The molecule has 19 aliphatic rings. The lowest BCUT2D eigenvalue weighted by atomic mass is 9.47. The molecule has 149 heavy (non-hydrogen) atoms. The van der Waals surface area contributed by atoms with Crippen LogP contribution in [0.3, 0.4) is 0 Å². The van der Waals surface area contributed by atoms with Crippen molar-refractivity contribution in [2.75, 3.05) is 109 Å². The molecule has 26 rings (SSSR count). The van der Waals surface area contributed by atoms with E-state index >= 15 is 0 Å². The summed E-state index contributed by atoms with van der Waals surface area (Å²) < 4.78 is 11.7. The fourth-order valence-electron chi connectivity index (χ4n) is 36.2. The van der Waals surface area contributed by atoms with E-state index in [2.05, 4.69) is 231 Å². The molecule has 800 valence electrons. The summed E-state index contributed by atoms with van der Waals surface area (Å²) in [5, 5.41) is 57.4. The first-order valence-corrected chi connectivity index (χ1v) is 57.8. The maximum Gasteiger partial charge on any atom is 0.373 e. The number of benzene rings is 4. The molecular formula is C125H167N11O13. The highest BCUT2D eigenvalue weighted by Gasteiger charge is 2.81. The van der Waals surface area contributed by atoms with Gasteiger partial charge in [-0.15, -0.1) is 0 Å². The SMILES string of the molecule is CCC1(C)CC(=O)CC1=O.CC[C@]1(O)C[C@@H]2CN(CCc3c([nH]c4ccccc34)[C@@](C)(c3cc4c(cc3C)N(C)[C@H]3[C@@](O)(C(=O)OC)[C@H](OC(C)=O)[C@]5(CC)C=CCN6CC[C@]43[C@@H]65)C2)C1.CC[C@]12CCCN3CC[C@H]([C@H]31)[C@H](Nc1ccccc1)CC2.C[C@@H]1C[C@H]2CC(=O)[C@H]3CCCN4CCC[C@]23[C@@]4(O)C1.O=C=O.O[C@]12C=C(c3nccc4c3[nH]c3ccccc34)[C@@H]3CCN(CCCC/C=C\CC1)C[C@@]31C[C@@H]3/C=C\CCCCN3[C@H]12. The minimum absolute atomic E-state index is 0.00403. The first-order valence-electron chi connectivity index (χ1n) is 57.8. The van der Waals surface area contributed by atoms with Gasteiger partial charge in [0.1, 0.15) is 23.1 Å². The predicted octanol–water partition coefficient (Wildman–Crippen LogP) is 19.1. The number of para-hydroxylation sites is 3. The van der Waals surface area contributed by atoms with E-state index < -0.39 is 62.9 Å². The van der Waals surface area contributed by atoms with Gasteiger partial charge in [0.2, 0.25) is 5.60 Å². The smallest absolute Gasteiger partial charge is 0.373 e. The van der Waals surface area contributed by atoms with E-state index in [4.69, 9.17) is 24.0 Å². The molecule has 0 radical (unpaired) electrons. The lowest BCUT2D eigenvalue weighted by Crippen LogP contribution is -2.81. The van der Waals surface area contributed by atoms with Crippen molar-refractivity contribution in [3.05, 3.63) is 179 Å². The molecule has 4 unspecified atom stereocenters. The largest absolute Gasteiger partial charge is 0.467 e. The number of hydrogen-bond acceptors (Lipinski definition) is 22. The Bertz CT molecular complexity index is 6340. The molecule has 0 amide bonds. The molecule has 5 saturated carbocycles. The number of H-pyrrole nitrogens is 2. The summed E-state index contributed by atoms with van der Waals surface area (Å²) >= 11 is 0. The summed E-state index contributed by atoms with van der Waals surface area (Å²) in [5.41, 5.74) is 7.94. The number of piperidine rings is 4. The summed E-state index contributed by atoms with van der Waals surface area (Å²) in [4.78, 5) is 109. The summed E-state index contributed by atoms with van der Waals surface area (Å²) in [6, 6.07) is 36.1. The molecule has 7 bridgehead atoms. The standard InChI is InChI=1S/C45H58N4O6.C36H44N4O.C19H28N2.C16H25NO2.C8H12O2.CO2/c1-8-42(52)24-29-23-41(5,36-31(15-19-48(25-29)26-42)30-13-10-11-14-34(30)46-36)32-22-33-35(21-27(32)3)47(6)38-44(33)17-20-49-18-12-16-43(9-2,37(44)49)39(55-28(4)50)45(38,53)40(51)54-7;41-36-18-10-4-1-2-5-11-20-39-22-17-30(35(25-39)23-26-13-7-3-6-12-21-40(26)34(35)36)29(24-36)32-33-28(16-19-37-32)27-14-8-9-15-31(27)38-33;1-2-19-11-6-13-21-14-10-16(18(19)21)17(9-12-19)20-15-7-4-3-5-8-15;1-11-8-12-9-14(18)13-4-2-6-17-7-3-5-15(12,13)16(17,19)10-11;1-3-8(2)5-6(9)4-7(8)10;2-1-3/h10-14,16,21-22,29,37-39,46,52-53H,8-9,15,17-20,23-26H2,1-7H3;1,4,7-9,13-16,19,24,26,30,34,38,41H,2-3,5-6,10-12,17-18,20-23,25H2;3-5,7-8,16-18,20H,2,6,9-14H2,1H3;11-13,19H,2-10H2,1H3;3-5H2,1-2H3;/b;4-1-,13-7-;;;;/t29-,37+,38-,39-,41-,42+,43-,44-,45+;26-,30-,34+,35-,36-;16-,17+,18-,19+;11-,12+,13-,15+,16+;;/m1001../s1. The van der Waals surface area contributed by atoms with Crippen molar-refractivity contribution < 1.29 is 63.5 Å². The highest BCUT2D eigenvalue weighted by atomic mass is 16.6. The van der Waals surface area contributed by atoms with Crippen LogP contribution in [0.2, 0.25) is 0 Å². The third-order valence-electron chi connectivity index (χ3n) is 42.3. The van der Waals surface area contributed by atoms with Gasteiger partial charge in [-0.1, -0.05) is 139 Å². The number of fused-ring (bicyclic) bond motifs is 11. The maximum atomic E-state index is 14.3. The first kappa shape index (κ1) is 106. The van der Waals surface area contributed by atoms with Gasteiger partial charge in [0.25, 0.3) is 0 Å². The van der Waals surface area contributed by atoms with E-state index in [9.17, 15) is 44.4 Å². The fourth-order valence-corrected chi connectivity index (χ4v) is 36.2. The molecule has 7 aromatic rings. The van der Waals surface area contributed by atoms with Gasteiger partial charge in [0.05, 0.1) is 48.0 Å². The number of likely N-dealkylation sites (N-methyl/N-ethyl adjacent to an activating group) is 1. The Hall–Kier alpha value is -9.14. The molecule has 3 aromatic heterocycles. The number of hydrogen-bond donors (Lipinski definition) is 7. The second kappa shape index (κ2) is 41.3. The van der Waals surface area contributed by atoms with Gasteiger partial charge in [-0.2, -0.15) is 9.59 Å². The molecule has 16 heterocycles. The van der Waals surface area contributed by atoms with Gasteiger partial charge < -0.3 is 55.0 Å². The Morgan fingerprint density at radius 1 is 0.658 bits per heavy atom. The zero-order valence-corrected chi connectivity index (χ0v) is 90.7. The Balaban J connectivity index is 0.000000120. The molecule has 3 spiro atoms. The van der Waals surface area contributed by atoms with Crippen molar-refractivity contribution in [1.82, 2.24) is 44.4 Å². The number of Topliss-reactive ketones (excluding diaryl/α,β-unsaturated/α-hetero) is 3. The van der Waals surface area contributed by atoms with Crippen LogP contribution >= 0.6 is 0 Å². The number of aliphatic hydroxyl groups is 4. The predicted molar refractivity (Wildman–Crippen MR) is 583 cm³/mol. The summed E-state index contributed by atoms with van der Waals surface area (Å²) in [6.07, 6.45) is 50.0. The van der Waals surface area contributed by atoms with Crippen LogP contribution in [0.5, 0.6) is 0 Å². The molecular weight excluding hydrogens is 1860 g/mol. The minimum Gasteiger partial charge on any atom is -0.467 e. The van der Waals surface area contributed by atoms with Gasteiger partial charge in [-0.3, -0.25) is 48.7 Å². The number of allylic oxidation sites excluding steroid dienone is 4. The van der Waals surface area contributed by atoms with Crippen LogP contribution in [-0.2, 0) is 60.3 Å². The number of nitrogens with zero attached hydrogens (tertiary/aromatic N) is 8. The second-order valence-electron chi connectivity index (χ2n) is 50.1. The number of ketones is 3. The summed E-state index contributed by atoms with van der Waals surface area (Å²) in [5.74, 6) is 2.04. The number of rotatable bonds is 10. The van der Waals surface area contributed by atoms with Crippen LogP contribution in [0.1, 0.15) is 288 Å². The zero-order valence-electron chi connectivity index (χ0n) is 90.7. The van der Waals surface area contributed by atoms with E-state index in [1.165, 1.54) is 149 Å². The average molecular weight is 2030 g/mol. The number of methoxy groups -OCH3 is 1. The molecule has 27 atom stereocenters. The molecule has 13 fully saturated rings. The number of aryl methyl sites for hydroxylation is 1. The number of carbonyl (C=O) groups excluding carboxylic acids is 7. The first-order chi connectivity index (χ1) is 71.8. The number of aromatic nitrogens is 3. The number of ether oxygens (including phenoxy) is 2. The third kappa shape index (κ3) is 17.6. The van der Waals surface area contributed by atoms with Crippen molar-refractivity contribution in [2.45, 2.75) is 343 Å². The van der Waals surface area contributed by atoms with Crippen LogP contribution in [0.25, 0.3) is 38.3 Å². The van der Waals surface area contributed by atoms with E-state index in [-0.39, 0.29) is 64.3 Å². The van der Waals surface area contributed by atoms with Gasteiger partial charge in [-0.05, 0) is 345 Å². The van der Waals surface area contributed by atoms with Gasteiger partial charge in [0, 0.05) is 186 Å². The van der Waals surface area contributed by atoms with Gasteiger partial charge in [0.15, 0.2) is 6.10 Å². The molecule has 7 N–H and O–H groups in total. The molecule has 24 heteroatoms. The molecule has 13 aliphatic heterocycles. The normalized spacial score (nSPS) is 39.8. The lowest BCUT2D eigenvalue weighted by molar-refractivity contribution is -0.264. The average Bonchev–Trinajstić information content (AvgIpc) is 1.48. The summed E-state index contributed by atoms with van der Waals surface area (Å²) in [7, 11) is 3.29. The van der Waals surface area contributed by atoms with E-state index in [1.807, 2.05) is 27.1 Å². The molecule has 24 nitrogen and oxygen atoms in total. The van der Waals surface area contributed by atoms with Crippen molar-refractivity contribution >= 4 is 85.1 Å². The van der Waals surface area contributed by atoms with Gasteiger partial charge >= 0.3 is 18.1 Å². The van der Waals surface area contributed by atoms with E-state index in [1.54, 1.807) is 0 Å². The van der Waals surface area contributed by atoms with Crippen molar-refractivity contribution in [1.29, 1.82) is 0 Å². The quantitative estimate of drug-likeness (QED) is 0.0380. The molecule has 4 aromatic carbocycles. The number of nitrogens with one attached hydrogen (secondary N) is 3. The second-order valence-corrected chi connectivity index (χ2v) is 50.1. The van der Waals surface area contributed by atoms with Crippen molar-refractivity contribution in [3.8, 4) is 0 Å². The number of carbonyl (C=O) groups is 5. The van der Waals surface area contributed by atoms with Crippen LogP contribution in [-0.4, -0.2) is 264 Å². The third-order valence-corrected chi connectivity index (χ3v) is 42.3. The van der Waals surface area contributed by atoms with Crippen molar-refractivity contribution in [3.63, 3.8) is 0 Å². The number of anilines is 2. The number of aromatic amines is 2. The summed E-state index contributed by atoms with van der Waals surface area (Å²) in [6.45, 7) is 31.9. The van der Waals surface area contributed by atoms with Crippen molar-refractivity contribution in [2.24, 2.45) is 62.6 Å². The highest BCUT2D eigenvalue weighted by molar-refractivity contribution is 6.10. The lowest BCUT2D eigenvalue weighted by Gasteiger charge is -2.63. The molecule has 6 aliphatic carbocycles. The zero-order chi connectivity index (χ0) is 104. The fraction of sp³-hybridized carbons (Fsp3) is 0.640. The van der Waals surface area contributed by atoms with Crippen LogP contribution < -0.4 is 10.2 Å². The van der Waals surface area contributed by atoms with Gasteiger partial charge in [-0.25, -0.2) is 4.79 Å².